The molecular formula is C20H23FO2. The summed E-state index contributed by atoms with van der Waals surface area (Å²) in [5, 5.41) is 0. The van der Waals surface area contributed by atoms with Crippen LogP contribution in [0, 0.1) is 5.82 Å². The van der Waals surface area contributed by atoms with E-state index in [4.69, 9.17) is 4.74 Å². The van der Waals surface area contributed by atoms with Gasteiger partial charge in [0.2, 0.25) is 0 Å². The maximum atomic E-state index is 14.0. The number of halogens is 1. The first kappa shape index (κ1) is 17.2. The van der Waals surface area contributed by atoms with Gasteiger partial charge in [0.25, 0.3) is 0 Å². The lowest BCUT2D eigenvalue weighted by atomic mass is 9.85. The molecule has 0 amide bonds. The second-order valence-corrected chi connectivity index (χ2v) is 6.62. The molecule has 122 valence electrons. The average Bonchev–Trinajstić information content (AvgIpc) is 2.51. The van der Waals surface area contributed by atoms with Crippen molar-refractivity contribution in [2.24, 2.45) is 0 Å². The molecule has 0 heterocycles. The van der Waals surface area contributed by atoms with E-state index in [0.717, 1.165) is 12.0 Å². The second kappa shape index (κ2) is 6.95. The van der Waals surface area contributed by atoms with E-state index in [1.807, 2.05) is 25.1 Å². The number of hydrogen-bond donors (Lipinski definition) is 0. The Morgan fingerprint density at radius 2 is 1.78 bits per heavy atom. The number of carbonyl (C=O) groups is 1. The lowest BCUT2D eigenvalue weighted by Gasteiger charge is -2.21. The van der Waals surface area contributed by atoms with Gasteiger partial charge in [-0.3, -0.25) is 4.79 Å². The number of hydrogen-bond acceptors (Lipinski definition) is 2. The van der Waals surface area contributed by atoms with Crippen LogP contribution in [0.2, 0.25) is 0 Å². The Morgan fingerprint density at radius 3 is 2.39 bits per heavy atom. The van der Waals surface area contributed by atoms with E-state index in [9.17, 15) is 9.18 Å². The Kier molecular flexibility index (Phi) is 5.19. The van der Waals surface area contributed by atoms with Crippen LogP contribution in [0.15, 0.2) is 42.5 Å². The summed E-state index contributed by atoms with van der Waals surface area (Å²) in [5.41, 5.74) is 1.39. The highest BCUT2D eigenvalue weighted by molar-refractivity contribution is 6.11. The number of carbonyl (C=O) groups excluding carboxylic acids is 1. The fourth-order valence-corrected chi connectivity index (χ4v) is 2.30. The first-order chi connectivity index (χ1) is 10.8. The maximum absolute atomic E-state index is 14.0. The summed E-state index contributed by atoms with van der Waals surface area (Å²) >= 11 is 0. The fraction of sp³-hybridized carbons (Fsp3) is 0.350. The van der Waals surface area contributed by atoms with Crippen LogP contribution in [0.4, 0.5) is 4.39 Å². The van der Waals surface area contributed by atoms with Crippen LogP contribution in [0.25, 0.3) is 0 Å². The van der Waals surface area contributed by atoms with E-state index in [1.165, 1.54) is 12.1 Å². The van der Waals surface area contributed by atoms with Crippen molar-refractivity contribution in [3.05, 3.63) is 65.0 Å². The third-order valence-corrected chi connectivity index (χ3v) is 3.67. The van der Waals surface area contributed by atoms with Crippen LogP contribution in [0.3, 0.4) is 0 Å². The van der Waals surface area contributed by atoms with E-state index < -0.39 is 5.82 Å². The van der Waals surface area contributed by atoms with Gasteiger partial charge in [-0.15, -0.1) is 0 Å². The van der Waals surface area contributed by atoms with Crippen LogP contribution in [-0.2, 0) is 5.41 Å². The average molecular weight is 314 g/mol. The number of ether oxygens (including phenoxy) is 1. The highest BCUT2D eigenvalue weighted by Crippen LogP contribution is 2.30. The molecule has 2 aromatic rings. The molecule has 0 saturated carbocycles. The first-order valence-corrected chi connectivity index (χ1v) is 7.91. The van der Waals surface area contributed by atoms with Crippen molar-refractivity contribution in [3.8, 4) is 5.75 Å². The summed E-state index contributed by atoms with van der Waals surface area (Å²) in [6, 6.07) is 11.6. The van der Waals surface area contributed by atoms with Crippen LogP contribution in [0.5, 0.6) is 5.75 Å². The van der Waals surface area contributed by atoms with E-state index in [1.54, 1.807) is 12.1 Å². The molecule has 0 bridgehead atoms. The van der Waals surface area contributed by atoms with Crippen LogP contribution < -0.4 is 4.74 Å². The molecule has 0 aliphatic heterocycles. The Balaban J connectivity index is 2.52. The summed E-state index contributed by atoms with van der Waals surface area (Å²) in [6.45, 7) is 8.75. The Hall–Kier alpha value is -2.16. The SMILES string of the molecule is CCCOc1ccc(C(C)(C)C)cc1C(=O)c1ccccc1F. The summed E-state index contributed by atoms with van der Waals surface area (Å²) in [4.78, 5) is 12.8. The summed E-state index contributed by atoms with van der Waals surface area (Å²) in [5.74, 6) is -0.353. The molecule has 0 N–H and O–H groups in total. The van der Waals surface area contributed by atoms with Gasteiger partial charge in [0.1, 0.15) is 11.6 Å². The monoisotopic (exact) mass is 314 g/mol. The van der Waals surface area contributed by atoms with Crippen molar-refractivity contribution in [2.75, 3.05) is 6.61 Å². The van der Waals surface area contributed by atoms with E-state index in [2.05, 4.69) is 20.8 Å². The molecule has 0 fully saturated rings. The minimum Gasteiger partial charge on any atom is -0.493 e. The molecule has 0 unspecified atom stereocenters. The molecule has 0 radical (unpaired) electrons. The van der Waals surface area contributed by atoms with Crippen molar-refractivity contribution in [3.63, 3.8) is 0 Å². The minimum absolute atomic E-state index is 0.0694. The zero-order valence-electron chi connectivity index (χ0n) is 14.2. The molecule has 0 aliphatic carbocycles. The van der Waals surface area contributed by atoms with Crippen molar-refractivity contribution < 1.29 is 13.9 Å². The zero-order valence-corrected chi connectivity index (χ0v) is 14.2. The number of rotatable bonds is 5. The molecule has 2 aromatic carbocycles. The first-order valence-electron chi connectivity index (χ1n) is 7.91. The summed E-state index contributed by atoms with van der Waals surface area (Å²) < 4.78 is 19.7. The topological polar surface area (TPSA) is 26.3 Å². The molecule has 0 aliphatic rings. The van der Waals surface area contributed by atoms with E-state index in [-0.39, 0.29) is 16.8 Å². The standard InChI is InChI=1S/C20H23FO2/c1-5-12-23-18-11-10-14(20(2,3)4)13-16(18)19(22)15-8-6-7-9-17(15)21/h6-11,13H,5,12H2,1-4H3. The van der Waals surface area contributed by atoms with Gasteiger partial charge in [-0.05, 0) is 41.7 Å². The lowest BCUT2D eigenvalue weighted by molar-refractivity contribution is 0.103. The van der Waals surface area contributed by atoms with Crippen molar-refractivity contribution >= 4 is 5.78 Å². The molecule has 2 nitrogen and oxygen atoms in total. The van der Waals surface area contributed by atoms with Crippen LogP contribution in [-0.4, -0.2) is 12.4 Å². The third kappa shape index (κ3) is 3.98. The highest BCUT2D eigenvalue weighted by Gasteiger charge is 2.22. The van der Waals surface area contributed by atoms with Crippen LogP contribution >= 0.6 is 0 Å². The number of ketones is 1. The normalized spacial score (nSPS) is 11.3. The molecule has 2 rings (SSSR count). The van der Waals surface area contributed by atoms with Gasteiger partial charge in [0.15, 0.2) is 5.78 Å². The largest absolute Gasteiger partial charge is 0.493 e. The van der Waals surface area contributed by atoms with Crippen molar-refractivity contribution in [1.29, 1.82) is 0 Å². The summed E-state index contributed by atoms with van der Waals surface area (Å²) in [7, 11) is 0. The molecule has 3 heteroatoms. The Morgan fingerprint density at radius 1 is 1.09 bits per heavy atom. The second-order valence-electron chi connectivity index (χ2n) is 6.62. The Bertz CT molecular complexity index is 699. The van der Waals surface area contributed by atoms with Gasteiger partial charge in [0.05, 0.1) is 17.7 Å². The Labute approximate surface area is 137 Å². The predicted molar refractivity (Wildman–Crippen MR) is 90.8 cm³/mol. The van der Waals surface area contributed by atoms with Gasteiger partial charge in [-0.25, -0.2) is 4.39 Å². The maximum Gasteiger partial charge on any atom is 0.199 e. The predicted octanol–water partition coefficient (Wildman–Crippen LogP) is 5.14. The van der Waals surface area contributed by atoms with Crippen molar-refractivity contribution in [2.45, 2.75) is 39.5 Å². The smallest absolute Gasteiger partial charge is 0.199 e. The van der Waals surface area contributed by atoms with Gasteiger partial charge in [-0.1, -0.05) is 45.9 Å². The summed E-state index contributed by atoms with van der Waals surface area (Å²) in [6.07, 6.45) is 0.842. The van der Waals surface area contributed by atoms with Gasteiger partial charge in [0, 0.05) is 0 Å². The molecule has 23 heavy (non-hydrogen) atoms. The number of benzene rings is 2. The van der Waals surface area contributed by atoms with Gasteiger partial charge in [-0.2, -0.15) is 0 Å². The van der Waals surface area contributed by atoms with E-state index >= 15 is 0 Å². The van der Waals surface area contributed by atoms with Gasteiger partial charge >= 0.3 is 0 Å². The molecule has 0 spiro atoms. The molecule has 0 aromatic heterocycles. The quantitative estimate of drug-likeness (QED) is 0.714. The minimum atomic E-state index is -0.514. The van der Waals surface area contributed by atoms with E-state index in [0.29, 0.717) is 17.9 Å². The molecule has 0 atom stereocenters. The zero-order chi connectivity index (χ0) is 17.0. The van der Waals surface area contributed by atoms with Crippen molar-refractivity contribution in [1.82, 2.24) is 0 Å². The molecular weight excluding hydrogens is 291 g/mol. The highest BCUT2D eigenvalue weighted by atomic mass is 19.1. The third-order valence-electron chi connectivity index (χ3n) is 3.67. The van der Waals surface area contributed by atoms with Gasteiger partial charge < -0.3 is 4.74 Å². The molecule has 0 saturated heterocycles. The van der Waals surface area contributed by atoms with Crippen LogP contribution in [0.1, 0.15) is 55.6 Å². The lowest BCUT2D eigenvalue weighted by Crippen LogP contribution is -2.14. The fourth-order valence-electron chi connectivity index (χ4n) is 2.30.